The summed E-state index contributed by atoms with van der Waals surface area (Å²) in [7, 11) is 0. The van der Waals surface area contributed by atoms with E-state index in [1.165, 1.54) is 52.0 Å². The van der Waals surface area contributed by atoms with E-state index in [9.17, 15) is 0 Å². The average molecular weight is 209 g/mol. The molecule has 0 aromatic rings. The van der Waals surface area contributed by atoms with Crippen LogP contribution in [0.25, 0.3) is 0 Å². The SMILES string of the molecule is CC1CN(C2CCN3CCCC23)CCN1. The molecule has 1 N–H and O–H groups in total. The number of hydrogen-bond donors (Lipinski definition) is 1. The molecule has 86 valence electrons. The van der Waals surface area contributed by atoms with Gasteiger partial charge in [0.05, 0.1) is 0 Å². The summed E-state index contributed by atoms with van der Waals surface area (Å²) in [5.74, 6) is 0. The summed E-state index contributed by atoms with van der Waals surface area (Å²) >= 11 is 0. The van der Waals surface area contributed by atoms with Crippen LogP contribution in [0.4, 0.5) is 0 Å². The van der Waals surface area contributed by atoms with Gasteiger partial charge >= 0.3 is 0 Å². The molecular formula is C12H23N3. The highest BCUT2D eigenvalue weighted by molar-refractivity contribution is 4.98. The monoisotopic (exact) mass is 209 g/mol. The second-order valence-electron chi connectivity index (χ2n) is 5.45. The molecular weight excluding hydrogens is 186 g/mol. The molecule has 3 heteroatoms. The third-order valence-electron chi connectivity index (χ3n) is 4.44. The minimum atomic E-state index is 0.689. The molecule has 3 saturated heterocycles. The van der Waals surface area contributed by atoms with Gasteiger partial charge in [-0.05, 0) is 32.7 Å². The van der Waals surface area contributed by atoms with Crippen LogP contribution in [0.2, 0.25) is 0 Å². The van der Waals surface area contributed by atoms with E-state index in [1.807, 2.05) is 0 Å². The third-order valence-corrected chi connectivity index (χ3v) is 4.44. The summed E-state index contributed by atoms with van der Waals surface area (Å²) < 4.78 is 0. The first-order valence-corrected chi connectivity index (χ1v) is 6.56. The van der Waals surface area contributed by atoms with Crippen molar-refractivity contribution in [2.24, 2.45) is 0 Å². The van der Waals surface area contributed by atoms with Gasteiger partial charge in [-0.2, -0.15) is 0 Å². The molecule has 3 nitrogen and oxygen atoms in total. The van der Waals surface area contributed by atoms with Crippen LogP contribution in [0.5, 0.6) is 0 Å². The highest BCUT2D eigenvalue weighted by Gasteiger charge is 2.40. The zero-order valence-electron chi connectivity index (χ0n) is 9.78. The molecule has 3 atom stereocenters. The molecule has 15 heavy (non-hydrogen) atoms. The van der Waals surface area contributed by atoms with E-state index >= 15 is 0 Å². The second kappa shape index (κ2) is 4.04. The van der Waals surface area contributed by atoms with E-state index < -0.39 is 0 Å². The van der Waals surface area contributed by atoms with Gasteiger partial charge in [0.2, 0.25) is 0 Å². The Morgan fingerprint density at radius 2 is 1.87 bits per heavy atom. The number of fused-ring (bicyclic) bond motifs is 1. The Morgan fingerprint density at radius 1 is 1.00 bits per heavy atom. The number of hydrogen-bond acceptors (Lipinski definition) is 3. The van der Waals surface area contributed by atoms with Crippen LogP contribution in [-0.4, -0.2) is 60.6 Å². The molecule has 0 saturated carbocycles. The van der Waals surface area contributed by atoms with Crippen LogP contribution < -0.4 is 5.32 Å². The molecule has 0 bridgehead atoms. The summed E-state index contributed by atoms with van der Waals surface area (Å²) in [5.41, 5.74) is 0. The quantitative estimate of drug-likeness (QED) is 0.679. The highest BCUT2D eigenvalue weighted by atomic mass is 15.3. The van der Waals surface area contributed by atoms with Crippen molar-refractivity contribution < 1.29 is 0 Å². The predicted molar refractivity (Wildman–Crippen MR) is 62.0 cm³/mol. The topological polar surface area (TPSA) is 18.5 Å². The van der Waals surface area contributed by atoms with E-state index in [4.69, 9.17) is 0 Å². The predicted octanol–water partition coefficient (Wildman–Crippen LogP) is 0.517. The zero-order chi connectivity index (χ0) is 10.3. The second-order valence-corrected chi connectivity index (χ2v) is 5.45. The van der Waals surface area contributed by atoms with Crippen molar-refractivity contribution in [3.8, 4) is 0 Å². The Kier molecular flexibility index (Phi) is 2.71. The lowest BCUT2D eigenvalue weighted by atomic mass is 10.0. The fraction of sp³-hybridized carbons (Fsp3) is 1.00. The van der Waals surface area contributed by atoms with Gasteiger partial charge in [0.25, 0.3) is 0 Å². The van der Waals surface area contributed by atoms with E-state index in [0.29, 0.717) is 6.04 Å². The van der Waals surface area contributed by atoms with Gasteiger partial charge in [-0.25, -0.2) is 0 Å². The van der Waals surface area contributed by atoms with E-state index in [2.05, 4.69) is 22.0 Å². The molecule has 0 radical (unpaired) electrons. The Bertz CT molecular complexity index is 231. The van der Waals surface area contributed by atoms with Crippen molar-refractivity contribution in [1.29, 1.82) is 0 Å². The minimum Gasteiger partial charge on any atom is -0.312 e. The normalized spacial score (nSPS) is 43.4. The molecule has 3 aliphatic rings. The number of piperazine rings is 1. The fourth-order valence-corrected chi connectivity index (χ4v) is 3.75. The lowest BCUT2D eigenvalue weighted by molar-refractivity contribution is 0.124. The van der Waals surface area contributed by atoms with Crippen LogP contribution in [0.1, 0.15) is 26.2 Å². The number of nitrogens with zero attached hydrogens (tertiary/aromatic N) is 2. The largest absolute Gasteiger partial charge is 0.312 e. The molecule has 0 aromatic carbocycles. The molecule has 3 fully saturated rings. The van der Waals surface area contributed by atoms with E-state index in [1.54, 1.807) is 0 Å². The van der Waals surface area contributed by atoms with Crippen molar-refractivity contribution in [3.05, 3.63) is 0 Å². The summed E-state index contributed by atoms with van der Waals surface area (Å²) in [4.78, 5) is 5.47. The first kappa shape index (κ1) is 10.1. The molecule has 3 heterocycles. The lowest BCUT2D eigenvalue weighted by Crippen LogP contribution is -2.55. The van der Waals surface area contributed by atoms with Crippen LogP contribution in [-0.2, 0) is 0 Å². The van der Waals surface area contributed by atoms with Gasteiger partial charge in [0, 0.05) is 44.3 Å². The maximum absolute atomic E-state index is 3.54. The van der Waals surface area contributed by atoms with E-state index in [-0.39, 0.29) is 0 Å². The molecule has 0 spiro atoms. The number of nitrogens with one attached hydrogen (secondary N) is 1. The Hall–Kier alpha value is -0.120. The Balaban J connectivity index is 1.66. The van der Waals surface area contributed by atoms with Crippen molar-refractivity contribution in [2.45, 2.75) is 44.3 Å². The van der Waals surface area contributed by atoms with Gasteiger partial charge in [-0.15, -0.1) is 0 Å². The van der Waals surface area contributed by atoms with Crippen LogP contribution in [0, 0.1) is 0 Å². The fourth-order valence-electron chi connectivity index (χ4n) is 3.75. The standard InChI is InChI=1S/C12H23N3/c1-10-9-15(8-5-13-10)12-4-7-14-6-2-3-11(12)14/h10-13H,2-9H2,1H3. The van der Waals surface area contributed by atoms with Gasteiger partial charge in [0.15, 0.2) is 0 Å². The lowest BCUT2D eigenvalue weighted by Gasteiger charge is -2.38. The van der Waals surface area contributed by atoms with Crippen LogP contribution >= 0.6 is 0 Å². The van der Waals surface area contributed by atoms with E-state index in [0.717, 1.165) is 12.1 Å². The summed E-state index contributed by atoms with van der Waals surface area (Å²) in [6.07, 6.45) is 4.29. The molecule has 3 rings (SSSR count). The van der Waals surface area contributed by atoms with Crippen LogP contribution in [0.3, 0.4) is 0 Å². The molecule has 3 unspecified atom stereocenters. The minimum absolute atomic E-state index is 0.689. The van der Waals surface area contributed by atoms with Gasteiger partial charge in [-0.1, -0.05) is 0 Å². The summed E-state index contributed by atoms with van der Waals surface area (Å²) in [6, 6.07) is 2.46. The maximum atomic E-state index is 3.54. The molecule has 0 amide bonds. The first-order chi connectivity index (χ1) is 7.34. The van der Waals surface area contributed by atoms with Crippen molar-refractivity contribution >= 4 is 0 Å². The Labute approximate surface area is 92.8 Å². The molecule has 0 aliphatic carbocycles. The third kappa shape index (κ3) is 1.81. The maximum Gasteiger partial charge on any atom is 0.0264 e. The van der Waals surface area contributed by atoms with Gasteiger partial charge in [-0.3, -0.25) is 9.80 Å². The van der Waals surface area contributed by atoms with Crippen molar-refractivity contribution in [2.75, 3.05) is 32.7 Å². The summed E-state index contributed by atoms with van der Waals surface area (Å²) in [6.45, 7) is 8.74. The molecule has 0 aromatic heterocycles. The Morgan fingerprint density at radius 3 is 2.73 bits per heavy atom. The average Bonchev–Trinajstić information content (AvgIpc) is 2.77. The highest BCUT2D eigenvalue weighted by Crippen LogP contribution is 2.31. The van der Waals surface area contributed by atoms with Crippen LogP contribution in [0.15, 0.2) is 0 Å². The molecule has 3 aliphatic heterocycles. The zero-order valence-corrected chi connectivity index (χ0v) is 9.78. The smallest absolute Gasteiger partial charge is 0.0264 e. The van der Waals surface area contributed by atoms with Gasteiger partial charge < -0.3 is 5.32 Å². The number of rotatable bonds is 1. The van der Waals surface area contributed by atoms with Crippen molar-refractivity contribution in [1.82, 2.24) is 15.1 Å². The summed E-state index contributed by atoms with van der Waals surface area (Å²) in [5, 5.41) is 3.54. The first-order valence-electron chi connectivity index (χ1n) is 6.56. The van der Waals surface area contributed by atoms with Crippen molar-refractivity contribution in [3.63, 3.8) is 0 Å². The van der Waals surface area contributed by atoms with Gasteiger partial charge in [0.1, 0.15) is 0 Å².